The van der Waals surface area contributed by atoms with Gasteiger partial charge in [0.2, 0.25) is 0 Å². The molecule has 1 aliphatic rings. The first-order valence-electron chi connectivity index (χ1n) is 5.56. The lowest BCUT2D eigenvalue weighted by Crippen LogP contribution is -2.16. The van der Waals surface area contributed by atoms with Crippen LogP contribution in [0.15, 0.2) is 30.4 Å². The molecule has 4 nitrogen and oxygen atoms in total. The van der Waals surface area contributed by atoms with Crippen LogP contribution >= 0.6 is 0 Å². The summed E-state index contributed by atoms with van der Waals surface area (Å²) >= 11 is 0. The number of halogens is 2. The van der Waals surface area contributed by atoms with Crippen molar-refractivity contribution in [3.63, 3.8) is 0 Å². The summed E-state index contributed by atoms with van der Waals surface area (Å²) in [5, 5.41) is 13.6. The molecule has 1 aromatic rings. The average molecular weight is 254 g/mol. The van der Waals surface area contributed by atoms with Crippen LogP contribution in [0.3, 0.4) is 0 Å². The Bertz CT molecular complexity index is 481. The van der Waals surface area contributed by atoms with Crippen molar-refractivity contribution in [3.8, 4) is 0 Å². The van der Waals surface area contributed by atoms with Gasteiger partial charge in [-0.15, -0.1) is 0 Å². The first-order chi connectivity index (χ1) is 8.58. The standard InChI is InChI=1S/C12H12F2N2O2/c13-12(14)10-7-9(16(17)18)5-6-11(10)15-8-3-1-2-4-8/h1-2,5-8,12,15H,3-4H2. The molecule has 0 saturated carbocycles. The third-order valence-electron chi connectivity index (χ3n) is 2.85. The normalized spacial score (nSPS) is 15.3. The highest BCUT2D eigenvalue weighted by molar-refractivity contribution is 5.57. The van der Waals surface area contributed by atoms with Crippen molar-refractivity contribution < 1.29 is 13.7 Å². The number of nitro groups is 1. The number of nitrogens with one attached hydrogen (secondary N) is 1. The zero-order valence-electron chi connectivity index (χ0n) is 9.48. The Morgan fingerprint density at radius 3 is 2.56 bits per heavy atom. The SMILES string of the molecule is O=[N+]([O-])c1ccc(NC2CC=CC2)c(C(F)F)c1. The van der Waals surface area contributed by atoms with Crippen LogP contribution in [0.25, 0.3) is 0 Å². The lowest BCUT2D eigenvalue weighted by Gasteiger charge is -2.16. The van der Waals surface area contributed by atoms with Crippen molar-refractivity contribution in [2.24, 2.45) is 0 Å². The molecular weight excluding hydrogens is 242 g/mol. The fraction of sp³-hybridized carbons (Fsp3) is 0.333. The van der Waals surface area contributed by atoms with E-state index in [2.05, 4.69) is 5.32 Å². The Kier molecular flexibility index (Phi) is 3.55. The van der Waals surface area contributed by atoms with E-state index in [9.17, 15) is 18.9 Å². The number of benzene rings is 1. The van der Waals surface area contributed by atoms with Crippen molar-refractivity contribution in [2.45, 2.75) is 25.3 Å². The summed E-state index contributed by atoms with van der Waals surface area (Å²) in [6.45, 7) is 0. The van der Waals surface area contributed by atoms with Gasteiger partial charge >= 0.3 is 0 Å². The van der Waals surface area contributed by atoms with Crippen LogP contribution in [-0.2, 0) is 0 Å². The van der Waals surface area contributed by atoms with Crippen LogP contribution in [0.5, 0.6) is 0 Å². The smallest absolute Gasteiger partial charge is 0.270 e. The molecule has 0 aliphatic heterocycles. The lowest BCUT2D eigenvalue weighted by molar-refractivity contribution is -0.385. The van der Waals surface area contributed by atoms with Crippen molar-refractivity contribution >= 4 is 11.4 Å². The van der Waals surface area contributed by atoms with E-state index in [1.165, 1.54) is 12.1 Å². The van der Waals surface area contributed by atoms with E-state index in [1.807, 2.05) is 12.2 Å². The number of nitrogens with zero attached hydrogens (tertiary/aromatic N) is 1. The first-order valence-corrected chi connectivity index (χ1v) is 5.56. The lowest BCUT2D eigenvalue weighted by atomic mass is 10.1. The predicted molar refractivity (Wildman–Crippen MR) is 63.8 cm³/mol. The Morgan fingerprint density at radius 2 is 2.00 bits per heavy atom. The van der Waals surface area contributed by atoms with Crippen LogP contribution in [0, 0.1) is 10.1 Å². The second kappa shape index (κ2) is 5.12. The molecule has 1 N–H and O–H groups in total. The molecule has 1 aromatic carbocycles. The Labute approximate surface area is 102 Å². The minimum atomic E-state index is -2.73. The summed E-state index contributed by atoms with van der Waals surface area (Å²) in [7, 11) is 0. The van der Waals surface area contributed by atoms with E-state index in [4.69, 9.17) is 0 Å². The molecule has 0 atom stereocenters. The quantitative estimate of drug-likeness (QED) is 0.506. The van der Waals surface area contributed by atoms with E-state index >= 15 is 0 Å². The number of non-ortho nitro benzene ring substituents is 1. The summed E-state index contributed by atoms with van der Waals surface area (Å²) < 4.78 is 25.7. The van der Waals surface area contributed by atoms with Gasteiger partial charge in [-0.3, -0.25) is 10.1 Å². The first kappa shape index (κ1) is 12.5. The van der Waals surface area contributed by atoms with Gasteiger partial charge in [-0.2, -0.15) is 0 Å². The van der Waals surface area contributed by atoms with Crippen molar-refractivity contribution in [1.82, 2.24) is 0 Å². The van der Waals surface area contributed by atoms with Gasteiger partial charge in [-0.05, 0) is 18.9 Å². The number of nitro benzene ring substituents is 1. The Hall–Kier alpha value is -1.98. The van der Waals surface area contributed by atoms with E-state index in [-0.39, 0.29) is 23.0 Å². The summed E-state index contributed by atoms with van der Waals surface area (Å²) in [6, 6.07) is 3.59. The maximum atomic E-state index is 12.9. The van der Waals surface area contributed by atoms with Crippen LogP contribution < -0.4 is 5.32 Å². The van der Waals surface area contributed by atoms with Gasteiger partial charge in [-0.1, -0.05) is 12.2 Å². The van der Waals surface area contributed by atoms with Gasteiger partial charge in [0, 0.05) is 29.4 Å². The average Bonchev–Trinajstić information content (AvgIpc) is 2.81. The molecule has 0 amide bonds. The predicted octanol–water partition coefficient (Wildman–Crippen LogP) is 3.66. The van der Waals surface area contributed by atoms with Crippen LogP contribution in [0.4, 0.5) is 20.2 Å². The third-order valence-corrected chi connectivity index (χ3v) is 2.85. The topological polar surface area (TPSA) is 55.2 Å². The maximum absolute atomic E-state index is 12.9. The second-order valence-electron chi connectivity index (χ2n) is 4.11. The van der Waals surface area contributed by atoms with E-state index in [1.54, 1.807) is 0 Å². The molecule has 0 heterocycles. The minimum Gasteiger partial charge on any atom is -0.381 e. The van der Waals surface area contributed by atoms with Gasteiger partial charge < -0.3 is 5.32 Å². The van der Waals surface area contributed by atoms with E-state index in [0.717, 1.165) is 18.9 Å². The molecule has 0 unspecified atom stereocenters. The number of anilines is 1. The second-order valence-corrected chi connectivity index (χ2v) is 4.11. The molecule has 0 radical (unpaired) electrons. The van der Waals surface area contributed by atoms with E-state index in [0.29, 0.717) is 0 Å². The number of hydrogen-bond acceptors (Lipinski definition) is 3. The van der Waals surface area contributed by atoms with Crippen LogP contribution in [0.2, 0.25) is 0 Å². The fourth-order valence-corrected chi connectivity index (χ4v) is 1.93. The largest absolute Gasteiger partial charge is 0.381 e. The van der Waals surface area contributed by atoms with Crippen molar-refractivity contribution in [2.75, 3.05) is 5.32 Å². The van der Waals surface area contributed by atoms with Gasteiger partial charge in [0.25, 0.3) is 12.1 Å². The summed E-state index contributed by atoms with van der Waals surface area (Å²) in [6.07, 6.45) is 2.77. The highest BCUT2D eigenvalue weighted by Crippen LogP contribution is 2.32. The van der Waals surface area contributed by atoms with Gasteiger partial charge in [0.05, 0.1) is 4.92 Å². The van der Waals surface area contributed by atoms with Gasteiger partial charge in [0.15, 0.2) is 0 Å². The van der Waals surface area contributed by atoms with Crippen LogP contribution in [0.1, 0.15) is 24.8 Å². The molecule has 96 valence electrons. The molecule has 0 aromatic heterocycles. The number of rotatable bonds is 4. The monoisotopic (exact) mass is 254 g/mol. The van der Waals surface area contributed by atoms with E-state index < -0.39 is 11.3 Å². The fourth-order valence-electron chi connectivity index (χ4n) is 1.93. The molecule has 0 saturated heterocycles. The number of hydrogen-bond donors (Lipinski definition) is 1. The molecule has 6 heteroatoms. The van der Waals surface area contributed by atoms with Crippen LogP contribution in [-0.4, -0.2) is 11.0 Å². The zero-order valence-corrected chi connectivity index (χ0v) is 9.48. The summed E-state index contributed by atoms with van der Waals surface area (Å²) in [5.41, 5.74) is -0.374. The minimum absolute atomic E-state index is 0.0870. The molecule has 18 heavy (non-hydrogen) atoms. The highest BCUT2D eigenvalue weighted by Gasteiger charge is 2.20. The molecule has 0 fully saturated rings. The van der Waals surface area contributed by atoms with Crippen molar-refractivity contribution in [1.29, 1.82) is 0 Å². The Morgan fingerprint density at radius 1 is 1.33 bits per heavy atom. The molecule has 2 rings (SSSR count). The van der Waals surface area contributed by atoms with Crippen molar-refractivity contribution in [3.05, 3.63) is 46.0 Å². The van der Waals surface area contributed by atoms with Gasteiger partial charge in [-0.25, -0.2) is 8.78 Å². The number of alkyl halides is 2. The molecule has 0 bridgehead atoms. The molecule has 0 spiro atoms. The summed E-state index contributed by atoms with van der Waals surface area (Å²) in [4.78, 5) is 9.89. The molecular formula is C12H12F2N2O2. The summed E-state index contributed by atoms with van der Waals surface area (Å²) in [5.74, 6) is 0. The third kappa shape index (κ3) is 2.64. The Balaban J connectivity index is 2.25. The highest BCUT2D eigenvalue weighted by atomic mass is 19.3. The van der Waals surface area contributed by atoms with Gasteiger partial charge in [0.1, 0.15) is 0 Å². The maximum Gasteiger partial charge on any atom is 0.270 e. The molecule has 1 aliphatic carbocycles. The zero-order chi connectivity index (χ0) is 13.1.